The van der Waals surface area contributed by atoms with Crippen LogP contribution in [0, 0.1) is 5.92 Å². The molecule has 134 valence electrons. The van der Waals surface area contributed by atoms with Crippen LogP contribution in [0.3, 0.4) is 0 Å². The van der Waals surface area contributed by atoms with Crippen molar-refractivity contribution in [2.75, 3.05) is 38.1 Å². The summed E-state index contributed by atoms with van der Waals surface area (Å²) in [6.45, 7) is 3.62. The van der Waals surface area contributed by atoms with Gasteiger partial charge < -0.3 is 20.6 Å². The van der Waals surface area contributed by atoms with E-state index in [0.29, 0.717) is 12.5 Å². The lowest BCUT2D eigenvalue weighted by atomic mass is 9.99. The zero-order valence-corrected chi connectivity index (χ0v) is 15.0. The molecule has 7 heteroatoms. The lowest BCUT2D eigenvalue weighted by Crippen LogP contribution is -2.42. The number of nitrogens with zero attached hydrogens (tertiary/aromatic N) is 2. The summed E-state index contributed by atoms with van der Waals surface area (Å²) >= 11 is 1.56. The lowest BCUT2D eigenvalue weighted by Gasteiger charge is -2.31. The summed E-state index contributed by atoms with van der Waals surface area (Å²) in [7, 11) is 0. The molecule has 1 aliphatic rings. The van der Waals surface area contributed by atoms with E-state index < -0.39 is 0 Å². The zero-order chi connectivity index (χ0) is 17.5. The van der Waals surface area contributed by atoms with E-state index in [0.717, 1.165) is 49.4 Å². The number of nitrogens with one attached hydrogen (secondary N) is 2. The molecule has 1 aromatic carbocycles. The molecule has 1 fully saturated rings. The average Bonchev–Trinajstić information content (AvgIpc) is 3.17. The van der Waals surface area contributed by atoms with Crippen LogP contribution in [0.25, 0.3) is 11.3 Å². The predicted molar refractivity (Wildman–Crippen MR) is 101 cm³/mol. The Morgan fingerprint density at radius 1 is 1.36 bits per heavy atom. The number of urea groups is 1. The number of carbonyl (C=O) groups is 1. The molecule has 0 radical (unpaired) electrons. The van der Waals surface area contributed by atoms with E-state index in [1.807, 2.05) is 29.6 Å². The van der Waals surface area contributed by atoms with Crippen LogP contribution in [-0.4, -0.2) is 53.8 Å². The van der Waals surface area contributed by atoms with Crippen molar-refractivity contribution in [2.24, 2.45) is 5.92 Å². The number of rotatable bonds is 6. The van der Waals surface area contributed by atoms with Crippen LogP contribution in [0.4, 0.5) is 10.5 Å². The number of anilines is 1. The number of carbonyl (C=O) groups excluding carboxylic acids is 1. The number of aromatic nitrogens is 1. The summed E-state index contributed by atoms with van der Waals surface area (Å²) in [4.78, 5) is 18.6. The van der Waals surface area contributed by atoms with Crippen LogP contribution in [-0.2, 0) is 0 Å². The van der Waals surface area contributed by atoms with Crippen molar-refractivity contribution < 1.29 is 9.90 Å². The summed E-state index contributed by atoms with van der Waals surface area (Å²) < 4.78 is 0. The first-order chi connectivity index (χ1) is 12.2. The molecule has 25 heavy (non-hydrogen) atoms. The van der Waals surface area contributed by atoms with Gasteiger partial charge in [0.2, 0.25) is 0 Å². The summed E-state index contributed by atoms with van der Waals surface area (Å²) in [5, 5.41) is 17.0. The number of thiazole rings is 1. The SMILES string of the molecule is O=C(NCCN1CCCC(CO)C1)Nc1ccc(-c2cscn2)cc1. The summed E-state index contributed by atoms with van der Waals surface area (Å²) in [5.41, 5.74) is 4.55. The molecule has 2 aromatic rings. The number of piperidine rings is 1. The Kier molecular flexibility index (Phi) is 6.38. The van der Waals surface area contributed by atoms with Crippen LogP contribution < -0.4 is 10.6 Å². The van der Waals surface area contributed by atoms with E-state index in [4.69, 9.17) is 0 Å². The van der Waals surface area contributed by atoms with Gasteiger partial charge in [-0.3, -0.25) is 0 Å². The van der Waals surface area contributed by atoms with Crippen molar-refractivity contribution in [1.29, 1.82) is 0 Å². The molecule has 3 rings (SSSR count). The van der Waals surface area contributed by atoms with Crippen LogP contribution in [0.2, 0.25) is 0 Å². The highest BCUT2D eigenvalue weighted by Crippen LogP contribution is 2.21. The van der Waals surface area contributed by atoms with Gasteiger partial charge in [0.1, 0.15) is 0 Å². The molecular weight excluding hydrogens is 336 g/mol. The fourth-order valence-corrected chi connectivity index (χ4v) is 3.65. The lowest BCUT2D eigenvalue weighted by molar-refractivity contribution is 0.121. The van der Waals surface area contributed by atoms with Gasteiger partial charge in [0.25, 0.3) is 0 Å². The Labute approximate surface area is 151 Å². The minimum atomic E-state index is -0.197. The van der Waals surface area contributed by atoms with E-state index in [2.05, 4.69) is 20.5 Å². The third-order valence-electron chi connectivity index (χ3n) is 4.45. The molecule has 1 saturated heterocycles. The quantitative estimate of drug-likeness (QED) is 0.740. The van der Waals surface area contributed by atoms with E-state index in [1.54, 1.807) is 16.8 Å². The fourth-order valence-electron chi connectivity index (χ4n) is 3.09. The van der Waals surface area contributed by atoms with Gasteiger partial charge in [-0.15, -0.1) is 11.3 Å². The molecule has 6 nitrogen and oxygen atoms in total. The van der Waals surface area contributed by atoms with Crippen LogP contribution >= 0.6 is 11.3 Å². The van der Waals surface area contributed by atoms with Crippen molar-refractivity contribution in [3.8, 4) is 11.3 Å². The van der Waals surface area contributed by atoms with E-state index >= 15 is 0 Å². The Morgan fingerprint density at radius 2 is 2.20 bits per heavy atom. The first-order valence-corrected chi connectivity index (χ1v) is 9.55. The molecule has 2 amide bonds. The summed E-state index contributed by atoms with van der Waals surface area (Å²) in [5.74, 6) is 0.374. The van der Waals surface area contributed by atoms with Crippen LogP contribution in [0.5, 0.6) is 0 Å². The Hall–Kier alpha value is -1.96. The standard InChI is InChI=1S/C18H24N4O2S/c23-11-14-2-1-8-22(10-14)9-7-19-18(24)21-16-5-3-15(4-6-16)17-12-25-13-20-17/h3-6,12-14,23H,1-2,7-11H2,(H2,19,21,24). The largest absolute Gasteiger partial charge is 0.396 e. The van der Waals surface area contributed by atoms with Crippen molar-refractivity contribution >= 4 is 23.1 Å². The average molecular weight is 360 g/mol. The normalized spacial score (nSPS) is 18.0. The highest BCUT2D eigenvalue weighted by molar-refractivity contribution is 7.07. The van der Waals surface area contributed by atoms with Gasteiger partial charge in [-0.1, -0.05) is 12.1 Å². The Morgan fingerprint density at radius 3 is 2.92 bits per heavy atom. The zero-order valence-electron chi connectivity index (χ0n) is 14.1. The minimum absolute atomic E-state index is 0.197. The predicted octanol–water partition coefficient (Wildman–Crippen LogP) is 2.64. The van der Waals surface area contributed by atoms with Crippen molar-refractivity contribution in [1.82, 2.24) is 15.2 Å². The van der Waals surface area contributed by atoms with Gasteiger partial charge in [-0.2, -0.15) is 0 Å². The molecule has 0 bridgehead atoms. The minimum Gasteiger partial charge on any atom is -0.396 e. The van der Waals surface area contributed by atoms with E-state index in [1.165, 1.54) is 0 Å². The summed E-state index contributed by atoms with van der Waals surface area (Å²) in [6.07, 6.45) is 2.21. The number of benzene rings is 1. The number of amides is 2. The van der Waals surface area contributed by atoms with Gasteiger partial charge in [0.15, 0.2) is 0 Å². The van der Waals surface area contributed by atoms with Gasteiger partial charge in [0.05, 0.1) is 11.2 Å². The molecular formula is C18H24N4O2S. The highest BCUT2D eigenvalue weighted by atomic mass is 32.1. The van der Waals surface area contributed by atoms with Crippen molar-refractivity contribution in [3.63, 3.8) is 0 Å². The van der Waals surface area contributed by atoms with Crippen LogP contribution in [0.1, 0.15) is 12.8 Å². The molecule has 1 atom stereocenters. The molecule has 3 N–H and O–H groups in total. The van der Waals surface area contributed by atoms with Crippen molar-refractivity contribution in [3.05, 3.63) is 35.2 Å². The second kappa shape index (κ2) is 8.94. The van der Waals surface area contributed by atoms with E-state index in [-0.39, 0.29) is 12.6 Å². The van der Waals surface area contributed by atoms with Gasteiger partial charge >= 0.3 is 6.03 Å². The first kappa shape index (κ1) is 17.8. The second-order valence-corrected chi connectivity index (χ2v) is 7.04. The number of hydrogen-bond donors (Lipinski definition) is 3. The highest BCUT2D eigenvalue weighted by Gasteiger charge is 2.18. The first-order valence-electron chi connectivity index (χ1n) is 8.61. The van der Waals surface area contributed by atoms with Gasteiger partial charge in [-0.25, -0.2) is 9.78 Å². The fraction of sp³-hybridized carbons (Fsp3) is 0.444. The molecule has 1 aliphatic heterocycles. The van der Waals surface area contributed by atoms with E-state index in [9.17, 15) is 9.90 Å². The third kappa shape index (κ3) is 5.26. The molecule has 0 aliphatic carbocycles. The van der Waals surface area contributed by atoms with Gasteiger partial charge in [-0.05, 0) is 37.4 Å². The maximum Gasteiger partial charge on any atom is 0.319 e. The Bertz CT molecular complexity index is 660. The molecule has 0 saturated carbocycles. The van der Waals surface area contributed by atoms with Gasteiger partial charge in [0, 0.05) is 42.9 Å². The maximum absolute atomic E-state index is 12.0. The summed E-state index contributed by atoms with van der Waals surface area (Å²) in [6, 6.07) is 7.47. The smallest absolute Gasteiger partial charge is 0.319 e. The number of aliphatic hydroxyl groups excluding tert-OH is 1. The molecule has 1 aromatic heterocycles. The third-order valence-corrected chi connectivity index (χ3v) is 5.03. The topological polar surface area (TPSA) is 77.5 Å². The van der Waals surface area contributed by atoms with Crippen molar-refractivity contribution in [2.45, 2.75) is 12.8 Å². The monoisotopic (exact) mass is 360 g/mol. The number of likely N-dealkylation sites (tertiary alicyclic amines) is 1. The molecule has 2 heterocycles. The van der Waals surface area contributed by atoms with Crippen LogP contribution in [0.15, 0.2) is 35.2 Å². The maximum atomic E-state index is 12.0. The number of hydrogen-bond acceptors (Lipinski definition) is 5. The molecule has 0 spiro atoms. The Balaban J connectivity index is 1.40. The second-order valence-electron chi connectivity index (χ2n) is 6.32. The number of aliphatic hydroxyl groups is 1. The molecule has 1 unspecified atom stereocenters.